The second kappa shape index (κ2) is 5.46. The van der Waals surface area contributed by atoms with Crippen LogP contribution in [0.5, 0.6) is 0 Å². The summed E-state index contributed by atoms with van der Waals surface area (Å²) in [5, 5.41) is 11.2. The van der Waals surface area contributed by atoms with Crippen LogP contribution in [0.2, 0.25) is 5.02 Å². The van der Waals surface area contributed by atoms with Crippen LogP contribution in [-0.2, 0) is 0 Å². The molecule has 0 N–H and O–H groups in total. The Hall–Kier alpha value is -1.33. The lowest BCUT2D eigenvalue weighted by Gasteiger charge is -2.37. The number of hydrogen-bond donors (Lipinski definition) is 0. The number of alkyl halides is 1. The maximum Gasteiger partial charge on any atom is 0.271 e. The van der Waals surface area contributed by atoms with Gasteiger partial charge in [-0.1, -0.05) is 11.6 Å². The molecule has 2 saturated heterocycles. The van der Waals surface area contributed by atoms with Gasteiger partial charge < -0.3 is 4.90 Å². The van der Waals surface area contributed by atoms with Gasteiger partial charge in [-0.25, -0.2) is 0 Å². The van der Waals surface area contributed by atoms with Gasteiger partial charge >= 0.3 is 0 Å². The Labute approximate surface area is 132 Å². The molecule has 3 rings (SSSR count). The molecule has 21 heavy (non-hydrogen) atoms. The van der Waals surface area contributed by atoms with Gasteiger partial charge in [-0.2, -0.15) is 0 Å². The first-order valence-electron chi connectivity index (χ1n) is 6.87. The summed E-state index contributed by atoms with van der Waals surface area (Å²) in [5.41, 5.74) is 0.115. The summed E-state index contributed by atoms with van der Waals surface area (Å²) in [4.78, 5) is 24.9. The van der Waals surface area contributed by atoms with Crippen LogP contribution < -0.4 is 0 Å². The Morgan fingerprint density at radius 3 is 2.43 bits per heavy atom. The number of amides is 1. The van der Waals surface area contributed by atoms with Gasteiger partial charge in [-0.3, -0.25) is 14.9 Å². The minimum atomic E-state index is -0.539. The van der Waals surface area contributed by atoms with E-state index in [0.29, 0.717) is 0 Å². The van der Waals surface area contributed by atoms with Crippen molar-refractivity contribution in [2.45, 2.75) is 43.1 Å². The van der Waals surface area contributed by atoms with Crippen LogP contribution in [-0.4, -0.2) is 33.2 Å². The monoisotopic (exact) mass is 328 g/mol. The Balaban J connectivity index is 1.91. The van der Waals surface area contributed by atoms with Crippen molar-refractivity contribution in [3.63, 3.8) is 0 Å². The topological polar surface area (TPSA) is 63.4 Å². The molecular weight excluding hydrogens is 315 g/mol. The highest BCUT2D eigenvalue weighted by Crippen LogP contribution is 2.39. The quantitative estimate of drug-likeness (QED) is 0.473. The van der Waals surface area contributed by atoms with E-state index < -0.39 is 4.92 Å². The minimum absolute atomic E-state index is 0.111. The van der Waals surface area contributed by atoms with Crippen molar-refractivity contribution in [2.24, 2.45) is 0 Å². The molecule has 0 aromatic heterocycles. The van der Waals surface area contributed by atoms with Crippen LogP contribution in [0.15, 0.2) is 18.2 Å². The van der Waals surface area contributed by atoms with Crippen molar-refractivity contribution in [1.82, 2.24) is 4.90 Å². The number of benzene rings is 1. The zero-order valence-corrected chi connectivity index (χ0v) is 12.7. The van der Waals surface area contributed by atoms with Crippen LogP contribution >= 0.6 is 23.2 Å². The molecule has 7 heteroatoms. The molecule has 2 aliphatic rings. The third-order valence-corrected chi connectivity index (χ3v) is 4.82. The van der Waals surface area contributed by atoms with Gasteiger partial charge in [0.15, 0.2) is 0 Å². The third kappa shape index (κ3) is 2.72. The molecule has 2 aliphatic heterocycles. The Kier molecular flexibility index (Phi) is 3.80. The van der Waals surface area contributed by atoms with E-state index in [2.05, 4.69) is 0 Å². The molecule has 0 aliphatic carbocycles. The number of nitrogens with zero attached hydrogens (tertiary/aromatic N) is 2. The predicted molar refractivity (Wildman–Crippen MR) is 80.0 cm³/mol. The second-order valence-corrected chi connectivity index (χ2v) is 6.67. The van der Waals surface area contributed by atoms with Gasteiger partial charge in [-0.15, -0.1) is 11.6 Å². The molecule has 2 atom stereocenters. The van der Waals surface area contributed by atoms with Crippen molar-refractivity contribution in [3.8, 4) is 0 Å². The average Bonchev–Trinajstić information content (AvgIpc) is 2.69. The largest absolute Gasteiger partial charge is 0.333 e. The van der Waals surface area contributed by atoms with Crippen LogP contribution in [0.25, 0.3) is 0 Å². The number of carbonyl (C=O) groups is 1. The smallest absolute Gasteiger partial charge is 0.271 e. The summed E-state index contributed by atoms with van der Waals surface area (Å²) in [6.07, 6.45) is 3.46. The minimum Gasteiger partial charge on any atom is -0.333 e. The number of non-ortho nitro benzene ring substituents is 1. The maximum atomic E-state index is 12.7. The van der Waals surface area contributed by atoms with Crippen molar-refractivity contribution < 1.29 is 9.72 Å². The number of carbonyl (C=O) groups excluding carboxylic acids is 1. The van der Waals surface area contributed by atoms with E-state index in [9.17, 15) is 14.9 Å². The highest BCUT2D eigenvalue weighted by Gasteiger charge is 2.43. The molecule has 2 fully saturated rings. The van der Waals surface area contributed by atoms with Gasteiger partial charge in [0.25, 0.3) is 11.6 Å². The Bertz CT molecular complexity index is 594. The SMILES string of the molecule is O=C(c1cc(Cl)cc([N+](=O)[O-])c1)N1C2CCC1CC(Cl)C2. The summed E-state index contributed by atoms with van der Waals surface area (Å²) in [7, 11) is 0. The Morgan fingerprint density at radius 2 is 1.86 bits per heavy atom. The Morgan fingerprint density at radius 1 is 1.24 bits per heavy atom. The molecule has 0 saturated carbocycles. The fraction of sp³-hybridized carbons (Fsp3) is 0.500. The summed E-state index contributed by atoms with van der Waals surface area (Å²) < 4.78 is 0. The number of fused-ring (bicyclic) bond motifs is 2. The number of hydrogen-bond acceptors (Lipinski definition) is 3. The first-order chi connectivity index (χ1) is 9.95. The molecule has 0 radical (unpaired) electrons. The normalized spacial score (nSPS) is 27.7. The highest BCUT2D eigenvalue weighted by molar-refractivity contribution is 6.31. The van der Waals surface area contributed by atoms with E-state index in [1.807, 2.05) is 4.90 Å². The van der Waals surface area contributed by atoms with Crippen LogP contribution in [0.4, 0.5) is 5.69 Å². The number of nitro groups is 1. The van der Waals surface area contributed by atoms with Gasteiger partial charge in [0.1, 0.15) is 0 Å². The lowest BCUT2D eigenvalue weighted by molar-refractivity contribution is -0.384. The van der Waals surface area contributed by atoms with Crippen LogP contribution in [0.1, 0.15) is 36.0 Å². The highest BCUT2D eigenvalue weighted by atomic mass is 35.5. The number of rotatable bonds is 2. The molecule has 1 aromatic rings. The molecule has 112 valence electrons. The summed E-state index contributed by atoms with van der Waals surface area (Å²) in [6, 6.07) is 4.30. The zero-order chi connectivity index (χ0) is 15.1. The number of piperidine rings is 1. The molecule has 2 heterocycles. The van der Waals surface area contributed by atoms with Gasteiger partial charge in [0.05, 0.1) is 4.92 Å². The van der Waals surface area contributed by atoms with E-state index in [-0.39, 0.29) is 39.6 Å². The average molecular weight is 329 g/mol. The standard InChI is InChI=1S/C14H14Cl2N2O3/c15-9-3-8(4-13(7-9)18(20)21)14(19)17-11-1-2-12(17)6-10(16)5-11/h3-4,7,10-12H,1-2,5-6H2. The molecule has 1 aromatic carbocycles. The lowest BCUT2D eigenvalue weighted by atomic mass is 10.0. The summed E-state index contributed by atoms with van der Waals surface area (Å²) >= 11 is 12.1. The molecular formula is C14H14Cl2N2O3. The fourth-order valence-corrected chi connectivity index (χ4v) is 4.04. The van der Waals surface area contributed by atoms with Crippen LogP contribution in [0.3, 0.4) is 0 Å². The second-order valence-electron chi connectivity index (χ2n) is 5.62. The number of halogens is 2. The maximum absolute atomic E-state index is 12.7. The van der Waals surface area contributed by atoms with E-state index in [0.717, 1.165) is 25.7 Å². The van der Waals surface area contributed by atoms with Crippen molar-refractivity contribution >= 4 is 34.8 Å². The van der Waals surface area contributed by atoms with E-state index in [1.165, 1.54) is 18.2 Å². The van der Waals surface area contributed by atoms with Crippen molar-refractivity contribution in [2.75, 3.05) is 0 Å². The predicted octanol–water partition coefficient (Wildman–Crippen LogP) is 3.62. The number of nitro benzene ring substituents is 1. The molecule has 0 spiro atoms. The first kappa shape index (κ1) is 14.6. The molecule has 2 bridgehead atoms. The van der Waals surface area contributed by atoms with Gasteiger partial charge in [0.2, 0.25) is 0 Å². The van der Waals surface area contributed by atoms with Crippen molar-refractivity contribution in [3.05, 3.63) is 38.9 Å². The summed E-state index contributed by atoms with van der Waals surface area (Å²) in [5.74, 6) is -0.184. The van der Waals surface area contributed by atoms with E-state index >= 15 is 0 Å². The van der Waals surface area contributed by atoms with Gasteiger partial charge in [0, 0.05) is 40.2 Å². The van der Waals surface area contributed by atoms with E-state index in [1.54, 1.807) is 0 Å². The van der Waals surface area contributed by atoms with E-state index in [4.69, 9.17) is 23.2 Å². The molecule has 5 nitrogen and oxygen atoms in total. The van der Waals surface area contributed by atoms with Gasteiger partial charge in [-0.05, 0) is 31.7 Å². The summed E-state index contributed by atoms with van der Waals surface area (Å²) in [6.45, 7) is 0. The lowest BCUT2D eigenvalue weighted by Crippen LogP contribution is -2.46. The fourth-order valence-electron chi connectivity index (χ4n) is 3.39. The molecule has 1 amide bonds. The zero-order valence-electron chi connectivity index (χ0n) is 11.2. The third-order valence-electron chi connectivity index (χ3n) is 4.25. The molecule has 2 unspecified atom stereocenters. The first-order valence-corrected chi connectivity index (χ1v) is 7.69. The van der Waals surface area contributed by atoms with Crippen LogP contribution in [0, 0.1) is 10.1 Å². The van der Waals surface area contributed by atoms with Crippen molar-refractivity contribution in [1.29, 1.82) is 0 Å².